The Morgan fingerprint density at radius 3 is 2.58 bits per heavy atom. The molecule has 0 radical (unpaired) electrons. The number of anilines is 1. The highest BCUT2D eigenvalue weighted by atomic mass is 32.2. The van der Waals surface area contributed by atoms with Crippen LogP contribution in [0.1, 0.15) is 11.7 Å². The lowest BCUT2D eigenvalue weighted by Gasteiger charge is -2.04. The van der Waals surface area contributed by atoms with E-state index in [1.807, 2.05) is 48.5 Å². The van der Waals surface area contributed by atoms with Gasteiger partial charge in [0, 0.05) is 6.92 Å². The fraction of sp³-hybridized carbons (Fsp3) is 0.111. The maximum atomic E-state index is 12.3. The molecule has 0 saturated carbocycles. The third-order valence-corrected chi connectivity index (χ3v) is 5.61. The van der Waals surface area contributed by atoms with Crippen molar-refractivity contribution in [2.75, 3.05) is 11.1 Å². The molecule has 2 aromatic heterocycles. The smallest absolute Gasteiger partial charge is 0.236 e. The van der Waals surface area contributed by atoms with Crippen LogP contribution in [0.5, 0.6) is 0 Å². The number of para-hydroxylation sites is 3. The van der Waals surface area contributed by atoms with E-state index in [0.29, 0.717) is 10.3 Å². The zero-order valence-corrected chi connectivity index (χ0v) is 15.4. The number of rotatable bonds is 4. The van der Waals surface area contributed by atoms with Gasteiger partial charge in [0.1, 0.15) is 0 Å². The van der Waals surface area contributed by atoms with Crippen LogP contribution in [0.4, 0.5) is 5.13 Å². The third kappa shape index (κ3) is 3.21. The molecular weight excluding hydrogens is 368 g/mol. The molecule has 0 fully saturated rings. The van der Waals surface area contributed by atoms with Crippen LogP contribution in [0.2, 0.25) is 0 Å². The standard InChI is InChI=1S/C18H14N4O2S2/c1-11(23)22-14-8-4-2-6-12(14)20-18(22)25-10-16(24)21-17-19-13-7-3-5-9-15(13)26-17/h2-9H,10H2,1H3,(H,19,21,24). The minimum absolute atomic E-state index is 0.132. The number of nitrogens with zero attached hydrogens (tertiary/aromatic N) is 3. The van der Waals surface area contributed by atoms with E-state index < -0.39 is 0 Å². The summed E-state index contributed by atoms with van der Waals surface area (Å²) in [6.07, 6.45) is 0. The summed E-state index contributed by atoms with van der Waals surface area (Å²) in [5, 5.41) is 3.89. The number of hydrogen-bond acceptors (Lipinski definition) is 6. The summed E-state index contributed by atoms with van der Waals surface area (Å²) in [5.74, 6) is -0.170. The van der Waals surface area contributed by atoms with Crippen LogP contribution in [-0.4, -0.2) is 32.1 Å². The summed E-state index contributed by atoms with van der Waals surface area (Å²) >= 11 is 2.66. The van der Waals surface area contributed by atoms with E-state index >= 15 is 0 Å². The number of benzene rings is 2. The van der Waals surface area contributed by atoms with E-state index in [1.165, 1.54) is 34.6 Å². The van der Waals surface area contributed by atoms with Crippen molar-refractivity contribution in [2.45, 2.75) is 12.1 Å². The monoisotopic (exact) mass is 382 g/mol. The minimum Gasteiger partial charge on any atom is -0.301 e. The molecule has 0 unspecified atom stereocenters. The number of hydrogen-bond donors (Lipinski definition) is 1. The first-order valence-corrected chi connectivity index (χ1v) is 9.68. The van der Waals surface area contributed by atoms with E-state index in [0.717, 1.165) is 21.3 Å². The van der Waals surface area contributed by atoms with Gasteiger partial charge in [-0.05, 0) is 24.3 Å². The number of thiazole rings is 1. The molecule has 8 heteroatoms. The Bertz CT molecular complexity index is 1100. The van der Waals surface area contributed by atoms with E-state index in [1.54, 1.807) is 0 Å². The number of fused-ring (bicyclic) bond motifs is 2. The van der Waals surface area contributed by atoms with Gasteiger partial charge in [-0.15, -0.1) is 0 Å². The minimum atomic E-state index is -0.184. The second-order valence-corrected chi connectivity index (χ2v) is 7.53. The summed E-state index contributed by atoms with van der Waals surface area (Å²) in [6, 6.07) is 15.1. The SMILES string of the molecule is CC(=O)n1c(SCC(=O)Nc2nc3ccccc3s2)nc2ccccc21. The molecule has 0 aliphatic heterocycles. The summed E-state index contributed by atoms with van der Waals surface area (Å²) in [7, 11) is 0. The molecule has 2 aromatic carbocycles. The Labute approximate surface area is 157 Å². The van der Waals surface area contributed by atoms with Crippen molar-refractivity contribution in [3.05, 3.63) is 48.5 Å². The summed E-state index contributed by atoms with van der Waals surface area (Å²) in [6.45, 7) is 1.49. The van der Waals surface area contributed by atoms with Crippen LogP contribution < -0.4 is 5.32 Å². The van der Waals surface area contributed by atoms with Crippen LogP contribution in [0.25, 0.3) is 21.3 Å². The predicted octanol–water partition coefficient (Wildman–Crippen LogP) is 4.04. The Kier molecular flexibility index (Phi) is 4.44. The quantitative estimate of drug-likeness (QED) is 0.539. The zero-order valence-electron chi connectivity index (χ0n) is 13.8. The third-order valence-electron chi connectivity index (χ3n) is 3.72. The molecule has 4 rings (SSSR count). The van der Waals surface area contributed by atoms with Crippen LogP contribution in [0.3, 0.4) is 0 Å². The molecule has 0 aliphatic carbocycles. The van der Waals surface area contributed by atoms with Crippen molar-refractivity contribution < 1.29 is 9.59 Å². The van der Waals surface area contributed by atoms with Gasteiger partial charge in [0.2, 0.25) is 11.8 Å². The van der Waals surface area contributed by atoms with Gasteiger partial charge >= 0.3 is 0 Å². The van der Waals surface area contributed by atoms with Crippen LogP contribution in [0.15, 0.2) is 53.7 Å². The molecule has 26 heavy (non-hydrogen) atoms. The molecule has 0 spiro atoms. The largest absolute Gasteiger partial charge is 0.301 e. The van der Waals surface area contributed by atoms with Gasteiger partial charge in [-0.25, -0.2) is 9.97 Å². The summed E-state index contributed by atoms with van der Waals surface area (Å²) in [4.78, 5) is 33.1. The maximum Gasteiger partial charge on any atom is 0.236 e. The molecule has 2 heterocycles. The highest BCUT2D eigenvalue weighted by molar-refractivity contribution is 7.99. The Balaban J connectivity index is 1.50. The van der Waals surface area contributed by atoms with Crippen molar-refractivity contribution in [3.8, 4) is 0 Å². The first-order valence-electron chi connectivity index (χ1n) is 7.88. The molecule has 0 saturated heterocycles. The average molecular weight is 382 g/mol. The number of aromatic nitrogens is 3. The Morgan fingerprint density at radius 1 is 1.08 bits per heavy atom. The first kappa shape index (κ1) is 16.7. The highest BCUT2D eigenvalue weighted by Crippen LogP contribution is 2.27. The van der Waals surface area contributed by atoms with Crippen molar-refractivity contribution in [3.63, 3.8) is 0 Å². The average Bonchev–Trinajstić information content (AvgIpc) is 3.19. The number of imidazole rings is 1. The molecule has 130 valence electrons. The second kappa shape index (κ2) is 6.89. The van der Waals surface area contributed by atoms with E-state index in [2.05, 4.69) is 15.3 Å². The molecule has 4 aromatic rings. The van der Waals surface area contributed by atoms with Gasteiger partial charge in [-0.2, -0.15) is 0 Å². The van der Waals surface area contributed by atoms with Crippen LogP contribution in [-0.2, 0) is 4.79 Å². The van der Waals surface area contributed by atoms with Crippen molar-refractivity contribution >= 4 is 61.3 Å². The Morgan fingerprint density at radius 2 is 1.81 bits per heavy atom. The van der Waals surface area contributed by atoms with Crippen LogP contribution in [0, 0.1) is 0 Å². The number of amides is 1. The normalized spacial score (nSPS) is 11.1. The van der Waals surface area contributed by atoms with Crippen molar-refractivity contribution in [2.24, 2.45) is 0 Å². The van der Waals surface area contributed by atoms with Gasteiger partial charge in [0.15, 0.2) is 10.3 Å². The lowest BCUT2D eigenvalue weighted by molar-refractivity contribution is -0.113. The van der Waals surface area contributed by atoms with Gasteiger partial charge in [-0.1, -0.05) is 47.4 Å². The molecule has 1 N–H and O–H groups in total. The predicted molar refractivity (Wildman–Crippen MR) is 105 cm³/mol. The van der Waals surface area contributed by atoms with Crippen molar-refractivity contribution in [1.82, 2.24) is 14.5 Å². The number of carbonyl (C=O) groups excluding carboxylic acids is 2. The second-order valence-electron chi connectivity index (χ2n) is 5.56. The van der Waals surface area contributed by atoms with E-state index in [4.69, 9.17) is 0 Å². The fourth-order valence-corrected chi connectivity index (χ4v) is 4.35. The van der Waals surface area contributed by atoms with Gasteiger partial charge < -0.3 is 5.32 Å². The lowest BCUT2D eigenvalue weighted by Crippen LogP contribution is -2.15. The number of thioether (sulfide) groups is 1. The van der Waals surface area contributed by atoms with Gasteiger partial charge in [-0.3, -0.25) is 14.2 Å². The number of nitrogens with one attached hydrogen (secondary N) is 1. The molecule has 6 nitrogen and oxygen atoms in total. The first-order chi connectivity index (χ1) is 12.6. The molecule has 0 aliphatic rings. The molecule has 0 bridgehead atoms. The summed E-state index contributed by atoms with van der Waals surface area (Å²) in [5.41, 5.74) is 2.34. The maximum absolute atomic E-state index is 12.3. The van der Waals surface area contributed by atoms with Crippen molar-refractivity contribution in [1.29, 1.82) is 0 Å². The topological polar surface area (TPSA) is 76.9 Å². The van der Waals surface area contributed by atoms with Crippen LogP contribution >= 0.6 is 23.1 Å². The van der Waals surface area contributed by atoms with Gasteiger partial charge in [0.05, 0.1) is 27.0 Å². The van der Waals surface area contributed by atoms with E-state index in [9.17, 15) is 9.59 Å². The Hall–Kier alpha value is -2.71. The molecule has 1 amide bonds. The number of carbonyl (C=O) groups is 2. The fourth-order valence-electron chi connectivity index (χ4n) is 2.62. The van der Waals surface area contributed by atoms with Gasteiger partial charge in [0.25, 0.3) is 0 Å². The van der Waals surface area contributed by atoms with E-state index in [-0.39, 0.29) is 17.6 Å². The molecular formula is C18H14N4O2S2. The lowest BCUT2D eigenvalue weighted by atomic mass is 10.3. The highest BCUT2D eigenvalue weighted by Gasteiger charge is 2.16. The molecule has 0 atom stereocenters. The zero-order chi connectivity index (χ0) is 18.1. The summed E-state index contributed by atoms with van der Waals surface area (Å²) < 4.78 is 2.55.